The Kier molecular flexibility index (Phi) is 4.98. The fourth-order valence-electron chi connectivity index (χ4n) is 4.65. The lowest BCUT2D eigenvalue weighted by molar-refractivity contribution is -0.142. The van der Waals surface area contributed by atoms with Crippen LogP contribution in [0.1, 0.15) is 43.7 Å². The fraction of sp³-hybridized carbons (Fsp3) is 0.364. The van der Waals surface area contributed by atoms with Gasteiger partial charge < -0.3 is 10.1 Å². The average Bonchev–Trinajstić information content (AvgIpc) is 2.89. The monoisotopic (exact) mass is 417 g/mol. The van der Waals surface area contributed by atoms with Crippen LogP contribution in [0, 0.1) is 0 Å². The first-order chi connectivity index (χ1) is 13.3. The van der Waals surface area contributed by atoms with E-state index in [0.717, 1.165) is 11.1 Å². The van der Waals surface area contributed by atoms with Gasteiger partial charge in [0.1, 0.15) is 11.2 Å². The molecule has 1 spiro atoms. The Morgan fingerprint density at radius 3 is 2.54 bits per heavy atom. The van der Waals surface area contributed by atoms with E-state index >= 15 is 0 Å². The molecule has 0 unspecified atom stereocenters. The number of hydrogen-bond acceptors (Lipinski definition) is 3. The van der Waals surface area contributed by atoms with Crippen molar-refractivity contribution >= 4 is 40.6 Å². The van der Waals surface area contributed by atoms with E-state index in [2.05, 4.69) is 5.32 Å². The summed E-state index contributed by atoms with van der Waals surface area (Å²) in [5.41, 5.74) is 1.35. The molecule has 1 heterocycles. The number of halogens is 2. The van der Waals surface area contributed by atoms with Crippen molar-refractivity contribution < 1.29 is 14.3 Å². The van der Waals surface area contributed by atoms with Crippen molar-refractivity contribution in [2.75, 3.05) is 5.32 Å². The molecule has 2 aromatic rings. The summed E-state index contributed by atoms with van der Waals surface area (Å²) < 4.78 is 6.19. The zero-order valence-corrected chi connectivity index (χ0v) is 17.2. The van der Waals surface area contributed by atoms with Gasteiger partial charge in [-0.25, -0.2) is 0 Å². The second-order valence-corrected chi connectivity index (χ2v) is 8.61. The molecule has 0 aromatic heterocycles. The van der Waals surface area contributed by atoms with Crippen LogP contribution >= 0.6 is 23.2 Å². The third-order valence-corrected chi connectivity index (χ3v) is 6.11. The summed E-state index contributed by atoms with van der Waals surface area (Å²) in [5, 5.41) is 4.10. The van der Waals surface area contributed by atoms with Crippen molar-refractivity contribution in [2.45, 2.75) is 50.2 Å². The van der Waals surface area contributed by atoms with Crippen LogP contribution in [0.4, 0.5) is 5.69 Å². The van der Waals surface area contributed by atoms with Gasteiger partial charge in [0, 0.05) is 34.5 Å². The quantitative estimate of drug-likeness (QED) is 0.753. The number of carbonyl (C=O) groups excluding carboxylic acids is 2. The maximum atomic E-state index is 13.5. The molecule has 4 rings (SSSR count). The molecule has 0 saturated heterocycles. The molecule has 146 valence electrons. The number of carbonyl (C=O) groups is 2. The van der Waals surface area contributed by atoms with Gasteiger partial charge >= 0.3 is 0 Å². The van der Waals surface area contributed by atoms with Crippen LogP contribution in [-0.4, -0.2) is 23.9 Å². The minimum atomic E-state index is -1.01. The number of ketones is 1. The van der Waals surface area contributed by atoms with E-state index in [-0.39, 0.29) is 36.6 Å². The van der Waals surface area contributed by atoms with Crippen LogP contribution in [0.3, 0.4) is 0 Å². The first kappa shape index (κ1) is 19.4. The molecule has 1 amide bonds. The lowest BCUT2D eigenvalue weighted by Gasteiger charge is -2.45. The number of anilines is 1. The largest absolute Gasteiger partial charge is 0.374 e. The smallest absolute Gasteiger partial charge is 0.238 e. The van der Waals surface area contributed by atoms with Crippen LogP contribution in [0.2, 0.25) is 10.0 Å². The van der Waals surface area contributed by atoms with Gasteiger partial charge in [0.25, 0.3) is 0 Å². The number of ether oxygens (including phenoxy) is 1. The minimum Gasteiger partial charge on any atom is -0.374 e. The molecule has 1 saturated carbocycles. The predicted molar refractivity (Wildman–Crippen MR) is 110 cm³/mol. The number of nitrogens with one attached hydrogen (secondary N) is 1. The van der Waals surface area contributed by atoms with Crippen molar-refractivity contribution in [1.29, 1.82) is 0 Å². The van der Waals surface area contributed by atoms with Crippen molar-refractivity contribution in [3.8, 4) is 0 Å². The van der Waals surface area contributed by atoms with Gasteiger partial charge in [-0.1, -0.05) is 41.4 Å². The summed E-state index contributed by atoms with van der Waals surface area (Å²) in [6.07, 6.45) is -0.240. The van der Waals surface area contributed by atoms with Crippen molar-refractivity contribution in [3.63, 3.8) is 0 Å². The maximum absolute atomic E-state index is 13.5. The highest BCUT2D eigenvalue weighted by Crippen LogP contribution is 2.55. The Hall–Kier alpha value is -1.88. The Morgan fingerprint density at radius 2 is 1.82 bits per heavy atom. The number of Topliss-reactive ketones (excluding diaryl/α,β-unsaturated/α-hetero) is 1. The van der Waals surface area contributed by atoms with Crippen LogP contribution in [0.5, 0.6) is 0 Å². The highest BCUT2D eigenvalue weighted by atomic mass is 35.5. The van der Waals surface area contributed by atoms with Gasteiger partial charge in [-0.15, -0.1) is 0 Å². The van der Waals surface area contributed by atoms with Gasteiger partial charge in [-0.3, -0.25) is 9.59 Å². The molecule has 0 bridgehead atoms. The molecule has 1 aliphatic heterocycles. The Bertz CT molecular complexity index is 959. The summed E-state index contributed by atoms with van der Waals surface area (Å²) in [6, 6.07) is 12.8. The molecule has 3 atom stereocenters. The Morgan fingerprint density at radius 1 is 1.07 bits per heavy atom. The maximum Gasteiger partial charge on any atom is 0.238 e. The topological polar surface area (TPSA) is 55.4 Å². The summed E-state index contributed by atoms with van der Waals surface area (Å²) in [4.78, 5) is 26.2. The van der Waals surface area contributed by atoms with Gasteiger partial charge in [-0.2, -0.15) is 0 Å². The van der Waals surface area contributed by atoms with Crippen LogP contribution in [0.15, 0.2) is 42.5 Å². The first-order valence-corrected chi connectivity index (χ1v) is 10.1. The summed E-state index contributed by atoms with van der Waals surface area (Å²) in [7, 11) is 0. The van der Waals surface area contributed by atoms with E-state index in [9.17, 15) is 9.59 Å². The van der Waals surface area contributed by atoms with Crippen molar-refractivity contribution in [2.24, 2.45) is 0 Å². The second-order valence-electron chi connectivity index (χ2n) is 7.74. The van der Waals surface area contributed by atoms with Gasteiger partial charge in [0.2, 0.25) is 5.91 Å². The molecular weight excluding hydrogens is 397 g/mol. The summed E-state index contributed by atoms with van der Waals surface area (Å²) >= 11 is 12.4. The predicted octanol–water partition coefficient (Wildman–Crippen LogP) is 5.12. The summed E-state index contributed by atoms with van der Waals surface area (Å²) in [6.45, 7) is 3.83. The second kappa shape index (κ2) is 7.18. The molecule has 2 aromatic carbocycles. The number of fused-ring (bicyclic) bond motifs is 2. The van der Waals surface area contributed by atoms with Crippen molar-refractivity contribution in [3.05, 3.63) is 63.6 Å². The zero-order chi connectivity index (χ0) is 20.1. The van der Waals surface area contributed by atoms with Crippen LogP contribution in [0.25, 0.3) is 0 Å². The first-order valence-electron chi connectivity index (χ1n) is 9.36. The molecule has 2 aliphatic rings. The van der Waals surface area contributed by atoms with E-state index in [0.29, 0.717) is 15.7 Å². The highest BCUT2D eigenvalue weighted by molar-refractivity contribution is 6.31. The molecule has 6 heteroatoms. The van der Waals surface area contributed by atoms with Gasteiger partial charge in [0.15, 0.2) is 0 Å². The van der Waals surface area contributed by atoms with Gasteiger partial charge in [0.05, 0.1) is 12.2 Å². The minimum absolute atomic E-state index is 0.0801. The number of hydrogen-bond donors (Lipinski definition) is 1. The van der Waals surface area contributed by atoms with E-state index in [4.69, 9.17) is 27.9 Å². The third-order valence-electron chi connectivity index (χ3n) is 5.64. The molecule has 0 radical (unpaired) electrons. The van der Waals surface area contributed by atoms with E-state index in [1.807, 2.05) is 38.1 Å². The molecule has 1 fully saturated rings. The van der Waals surface area contributed by atoms with E-state index in [1.54, 1.807) is 18.2 Å². The Balaban J connectivity index is 1.96. The molecule has 1 N–H and O–H groups in total. The fourth-order valence-corrected chi connectivity index (χ4v) is 5.02. The Labute approximate surface area is 174 Å². The highest BCUT2D eigenvalue weighted by Gasteiger charge is 2.61. The SMILES string of the molecule is CC(C)O[C@@H]1CC(=O)C[C@@H](c2cccc(Cl)c2)[C@]12C(=O)Nc1cc(Cl)ccc12. The summed E-state index contributed by atoms with van der Waals surface area (Å²) in [5.74, 6) is -0.456. The van der Waals surface area contributed by atoms with Crippen LogP contribution in [-0.2, 0) is 19.7 Å². The van der Waals surface area contributed by atoms with E-state index < -0.39 is 11.5 Å². The van der Waals surface area contributed by atoms with Crippen LogP contribution < -0.4 is 5.32 Å². The molecule has 4 nitrogen and oxygen atoms in total. The van der Waals surface area contributed by atoms with Crippen molar-refractivity contribution in [1.82, 2.24) is 0 Å². The molecule has 1 aliphatic carbocycles. The number of benzene rings is 2. The average molecular weight is 418 g/mol. The molecular formula is C22H21Cl2NO3. The third kappa shape index (κ3) is 3.04. The molecule has 28 heavy (non-hydrogen) atoms. The number of amides is 1. The van der Waals surface area contributed by atoms with Gasteiger partial charge in [-0.05, 0) is 49.2 Å². The lowest BCUT2D eigenvalue weighted by Crippen LogP contribution is -2.56. The number of rotatable bonds is 3. The lowest BCUT2D eigenvalue weighted by atomic mass is 9.59. The zero-order valence-electron chi connectivity index (χ0n) is 15.7. The normalized spacial score (nSPS) is 26.6. The standard InChI is InChI=1S/C22H21Cl2NO3/c1-12(2)28-20-11-16(26)10-18(13-4-3-5-14(23)8-13)22(20)17-7-6-15(24)9-19(17)25-21(22)27/h3-9,12,18,20H,10-11H2,1-2H3,(H,25,27)/t18-,20+,22-/m0/s1. The van der Waals surface area contributed by atoms with E-state index in [1.165, 1.54) is 0 Å².